The SMILES string of the molecule is CN(CC(=O)N1CCN(c2ccc(S(=O)(=O)N3CCOCC3)cn2)CC1)C(=O)c1ccco1. The standard InChI is InChI=1S/C21H27N5O6S/c1-23(21(28)18-3-2-12-32-18)16-20(27)25-8-6-24(7-9-25)19-5-4-17(15-22-19)33(29,30)26-10-13-31-14-11-26/h2-5,12,15H,6-11,13-14,16H2,1H3. The zero-order valence-corrected chi connectivity index (χ0v) is 19.2. The molecule has 178 valence electrons. The number of morpholine rings is 1. The minimum atomic E-state index is -3.58. The molecule has 2 aromatic heterocycles. The van der Waals surface area contributed by atoms with Crippen molar-refractivity contribution in [3.63, 3.8) is 0 Å². The van der Waals surface area contributed by atoms with Crippen LogP contribution >= 0.6 is 0 Å². The molecule has 2 aliphatic heterocycles. The van der Waals surface area contributed by atoms with Crippen molar-refractivity contribution in [2.24, 2.45) is 0 Å². The number of nitrogens with zero attached hydrogens (tertiary/aromatic N) is 5. The van der Waals surface area contributed by atoms with E-state index in [1.54, 1.807) is 36.2 Å². The first-order valence-electron chi connectivity index (χ1n) is 10.7. The van der Waals surface area contributed by atoms with Gasteiger partial charge >= 0.3 is 0 Å². The summed E-state index contributed by atoms with van der Waals surface area (Å²) in [5.41, 5.74) is 0. The lowest BCUT2D eigenvalue weighted by atomic mass is 10.3. The number of ether oxygens (including phenoxy) is 1. The fraction of sp³-hybridized carbons (Fsp3) is 0.476. The van der Waals surface area contributed by atoms with Gasteiger partial charge in [-0.05, 0) is 24.3 Å². The molecule has 0 spiro atoms. The Balaban J connectivity index is 1.30. The molecular weight excluding hydrogens is 450 g/mol. The van der Waals surface area contributed by atoms with Crippen molar-refractivity contribution >= 4 is 27.7 Å². The molecule has 0 unspecified atom stereocenters. The molecule has 33 heavy (non-hydrogen) atoms. The summed E-state index contributed by atoms with van der Waals surface area (Å²) < 4.78 is 37.2. The zero-order chi connectivity index (χ0) is 23.4. The van der Waals surface area contributed by atoms with E-state index in [0.29, 0.717) is 58.3 Å². The van der Waals surface area contributed by atoms with Crippen molar-refractivity contribution < 1.29 is 27.2 Å². The third kappa shape index (κ3) is 5.18. The summed E-state index contributed by atoms with van der Waals surface area (Å²) in [4.78, 5) is 34.4. The van der Waals surface area contributed by atoms with E-state index in [-0.39, 0.29) is 29.0 Å². The summed E-state index contributed by atoms with van der Waals surface area (Å²) in [7, 11) is -2.02. The van der Waals surface area contributed by atoms with Crippen molar-refractivity contribution in [3.8, 4) is 0 Å². The number of furan rings is 1. The number of hydrogen-bond acceptors (Lipinski definition) is 8. The smallest absolute Gasteiger partial charge is 0.289 e. The van der Waals surface area contributed by atoms with E-state index in [1.807, 2.05) is 4.90 Å². The van der Waals surface area contributed by atoms with E-state index in [2.05, 4.69) is 4.98 Å². The van der Waals surface area contributed by atoms with E-state index in [1.165, 1.54) is 21.7 Å². The van der Waals surface area contributed by atoms with Gasteiger partial charge in [-0.1, -0.05) is 0 Å². The number of rotatable bonds is 6. The quantitative estimate of drug-likeness (QED) is 0.576. The van der Waals surface area contributed by atoms with Crippen LogP contribution in [-0.4, -0.2) is 105 Å². The molecule has 2 aliphatic rings. The summed E-state index contributed by atoms with van der Waals surface area (Å²) in [6.07, 6.45) is 2.80. The Kier molecular flexibility index (Phi) is 6.96. The monoisotopic (exact) mass is 477 g/mol. The molecule has 0 aromatic carbocycles. The van der Waals surface area contributed by atoms with Gasteiger partial charge in [0, 0.05) is 52.5 Å². The van der Waals surface area contributed by atoms with Crippen LogP contribution in [0.25, 0.3) is 0 Å². The van der Waals surface area contributed by atoms with Crippen LogP contribution in [0.3, 0.4) is 0 Å². The molecule has 4 rings (SSSR count). The summed E-state index contributed by atoms with van der Waals surface area (Å²) in [5, 5.41) is 0. The molecule has 12 heteroatoms. The fourth-order valence-corrected chi connectivity index (χ4v) is 5.15. The topological polar surface area (TPSA) is 117 Å². The van der Waals surface area contributed by atoms with Crippen molar-refractivity contribution in [1.29, 1.82) is 0 Å². The highest BCUT2D eigenvalue weighted by Crippen LogP contribution is 2.20. The molecule has 4 heterocycles. The number of carbonyl (C=O) groups excluding carboxylic acids is 2. The molecule has 11 nitrogen and oxygen atoms in total. The van der Waals surface area contributed by atoms with Crippen LogP contribution in [0.1, 0.15) is 10.6 Å². The van der Waals surface area contributed by atoms with Crippen molar-refractivity contribution in [2.75, 3.05) is 71.0 Å². The maximum Gasteiger partial charge on any atom is 0.289 e. The summed E-state index contributed by atoms with van der Waals surface area (Å²) in [5.74, 6) is 0.369. The number of sulfonamides is 1. The normalized spacial score (nSPS) is 17.7. The molecule has 0 atom stereocenters. The summed E-state index contributed by atoms with van der Waals surface area (Å²) in [6.45, 7) is 3.50. The molecule has 0 bridgehead atoms. The van der Waals surface area contributed by atoms with Gasteiger partial charge in [-0.25, -0.2) is 13.4 Å². The number of likely N-dealkylation sites (N-methyl/N-ethyl adjacent to an activating group) is 1. The van der Waals surface area contributed by atoms with Crippen molar-refractivity contribution in [2.45, 2.75) is 4.90 Å². The second kappa shape index (κ2) is 9.89. The Morgan fingerprint density at radius 1 is 1.06 bits per heavy atom. The van der Waals surface area contributed by atoms with Gasteiger partial charge in [-0.15, -0.1) is 0 Å². The zero-order valence-electron chi connectivity index (χ0n) is 18.4. The molecule has 2 saturated heterocycles. The fourth-order valence-electron chi connectivity index (χ4n) is 3.80. The molecule has 2 amide bonds. The minimum Gasteiger partial charge on any atom is -0.459 e. The number of piperazine rings is 1. The van der Waals surface area contributed by atoms with Crippen LogP contribution in [0.4, 0.5) is 5.82 Å². The van der Waals surface area contributed by atoms with Crippen molar-refractivity contribution in [1.82, 2.24) is 19.1 Å². The van der Waals surface area contributed by atoms with E-state index < -0.39 is 10.0 Å². The highest BCUT2D eigenvalue weighted by atomic mass is 32.2. The van der Waals surface area contributed by atoms with Crippen LogP contribution in [0, 0.1) is 0 Å². The predicted octanol–water partition coefficient (Wildman–Crippen LogP) is 0.116. The maximum absolute atomic E-state index is 12.7. The Labute approximate surface area is 192 Å². The summed E-state index contributed by atoms with van der Waals surface area (Å²) in [6, 6.07) is 6.45. The Morgan fingerprint density at radius 2 is 1.79 bits per heavy atom. The first-order valence-corrected chi connectivity index (χ1v) is 12.2. The number of aromatic nitrogens is 1. The molecule has 0 radical (unpaired) electrons. The maximum atomic E-state index is 12.7. The van der Waals surface area contributed by atoms with Gasteiger partial charge in [0.25, 0.3) is 5.91 Å². The lowest BCUT2D eigenvalue weighted by Crippen LogP contribution is -2.51. The lowest BCUT2D eigenvalue weighted by Gasteiger charge is -2.36. The number of amides is 2. The molecular formula is C21H27N5O6S. The third-order valence-electron chi connectivity index (χ3n) is 5.74. The average molecular weight is 478 g/mol. The Hall–Kier alpha value is -2.96. The Morgan fingerprint density at radius 3 is 2.39 bits per heavy atom. The molecule has 2 aromatic rings. The van der Waals surface area contributed by atoms with Crippen LogP contribution < -0.4 is 4.90 Å². The minimum absolute atomic E-state index is 0.0358. The second-order valence-corrected chi connectivity index (χ2v) is 9.81. The third-order valence-corrected chi connectivity index (χ3v) is 7.62. The van der Waals surface area contributed by atoms with Crippen LogP contribution in [0.2, 0.25) is 0 Å². The first kappa shape index (κ1) is 23.2. The molecule has 0 aliphatic carbocycles. The van der Waals surface area contributed by atoms with E-state index in [0.717, 1.165) is 0 Å². The number of carbonyl (C=O) groups is 2. The van der Waals surface area contributed by atoms with Crippen molar-refractivity contribution in [3.05, 3.63) is 42.5 Å². The van der Waals surface area contributed by atoms with E-state index >= 15 is 0 Å². The Bertz CT molecular complexity index is 1060. The summed E-state index contributed by atoms with van der Waals surface area (Å²) >= 11 is 0. The predicted molar refractivity (Wildman–Crippen MR) is 118 cm³/mol. The average Bonchev–Trinajstić information content (AvgIpc) is 3.39. The van der Waals surface area contributed by atoms with Gasteiger partial charge in [0.15, 0.2) is 5.76 Å². The van der Waals surface area contributed by atoms with Gasteiger partial charge in [0.05, 0.1) is 26.0 Å². The van der Waals surface area contributed by atoms with Gasteiger partial charge < -0.3 is 23.9 Å². The second-order valence-electron chi connectivity index (χ2n) is 7.87. The van der Waals surface area contributed by atoms with E-state index in [4.69, 9.17) is 9.15 Å². The lowest BCUT2D eigenvalue weighted by molar-refractivity contribution is -0.132. The number of anilines is 1. The van der Waals surface area contributed by atoms with Crippen LogP contribution in [-0.2, 0) is 19.6 Å². The first-order chi connectivity index (χ1) is 15.9. The highest BCUT2D eigenvalue weighted by Gasteiger charge is 2.28. The number of hydrogen-bond donors (Lipinski definition) is 0. The highest BCUT2D eigenvalue weighted by molar-refractivity contribution is 7.89. The molecule has 2 fully saturated rings. The van der Waals surface area contributed by atoms with Crippen LogP contribution in [0.15, 0.2) is 46.0 Å². The van der Waals surface area contributed by atoms with Gasteiger partial charge in [-0.2, -0.15) is 4.31 Å². The van der Waals surface area contributed by atoms with Gasteiger partial charge in [-0.3, -0.25) is 9.59 Å². The van der Waals surface area contributed by atoms with Gasteiger partial charge in [0.1, 0.15) is 10.7 Å². The van der Waals surface area contributed by atoms with Gasteiger partial charge in [0.2, 0.25) is 15.9 Å². The van der Waals surface area contributed by atoms with Crippen LogP contribution in [0.5, 0.6) is 0 Å². The molecule has 0 N–H and O–H groups in total. The molecule has 0 saturated carbocycles. The largest absolute Gasteiger partial charge is 0.459 e. The van der Waals surface area contributed by atoms with E-state index in [9.17, 15) is 18.0 Å². The number of pyridine rings is 1.